The zero-order chi connectivity index (χ0) is 14.8. The molecule has 0 saturated carbocycles. The van der Waals surface area contributed by atoms with Crippen molar-refractivity contribution in [2.45, 2.75) is 20.4 Å². The number of aryl methyl sites for hydroxylation is 2. The molecule has 3 rings (SSSR count). The van der Waals surface area contributed by atoms with Gasteiger partial charge >= 0.3 is 0 Å². The molecule has 0 bridgehead atoms. The number of nitrogens with one attached hydrogen (secondary N) is 1. The molecular formula is C14H15N5S2. The summed E-state index contributed by atoms with van der Waals surface area (Å²) in [4.78, 5) is 8.61. The molecule has 0 radical (unpaired) electrons. The molecule has 0 aromatic carbocycles. The topological polar surface area (TPSA) is 76.7 Å². The number of nitrogens with two attached hydrogens (primary N) is 1. The Hall–Kier alpha value is -1.99. The van der Waals surface area contributed by atoms with Crippen LogP contribution >= 0.6 is 22.9 Å². The molecule has 3 aromatic heterocycles. The highest BCUT2D eigenvalue weighted by Gasteiger charge is 2.16. The van der Waals surface area contributed by atoms with Crippen molar-refractivity contribution in [1.82, 2.24) is 14.3 Å². The van der Waals surface area contributed by atoms with Crippen LogP contribution in [0.25, 0.3) is 10.6 Å². The third-order valence-corrected chi connectivity index (χ3v) is 4.92. The zero-order valence-corrected chi connectivity index (χ0v) is 13.4. The second-order valence-corrected chi connectivity index (χ2v) is 6.35. The minimum absolute atomic E-state index is 0.531. The van der Waals surface area contributed by atoms with Gasteiger partial charge in [0, 0.05) is 30.0 Å². The van der Waals surface area contributed by atoms with E-state index in [1.807, 2.05) is 24.6 Å². The van der Waals surface area contributed by atoms with Gasteiger partial charge in [0.15, 0.2) is 0 Å². The maximum Gasteiger partial charge on any atom is 0.149 e. The number of nitrogens with zero attached hydrogens (tertiary/aromatic N) is 3. The van der Waals surface area contributed by atoms with Crippen LogP contribution in [0.2, 0.25) is 0 Å². The summed E-state index contributed by atoms with van der Waals surface area (Å²) < 4.78 is 4.25. The Labute approximate surface area is 131 Å². The van der Waals surface area contributed by atoms with Crippen LogP contribution in [0.4, 0.5) is 10.8 Å². The number of hydrogen-bond donors (Lipinski definition) is 2. The molecular weight excluding hydrogens is 302 g/mol. The summed E-state index contributed by atoms with van der Waals surface area (Å²) in [6, 6.07) is 2.01. The van der Waals surface area contributed by atoms with E-state index in [2.05, 4.69) is 26.6 Å². The highest BCUT2D eigenvalue weighted by molar-refractivity contribution is 7.15. The fourth-order valence-corrected chi connectivity index (χ4v) is 3.61. The highest BCUT2D eigenvalue weighted by atomic mass is 32.1. The molecule has 5 nitrogen and oxygen atoms in total. The van der Waals surface area contributed by atoms with E-state index >= 15 is 0 Å². The molecule has 0 amide bonds. The van der Waals surface area contributed by atoms with Crippen LogP contribution in [0.5, 0.6) is 0 Å². The molecule has 0 fully saturated rings. The monoisotopic (exact) mass is 317 g/mol. The summed E-state index contributed by atoms with van der Waals surface area (Å²) >= 11 is 2.96. The Morgan fingerprint density at radius 1 is 1.33 bits per heavy atom. The first-order valence-electron chi connectivity index (χ1n) is 6.46. The Morgan fingerprint density at radius 2 is 2.19 bits per heavy atom. The van der Waals surface area contributed by atoms with Crippen LogP contribution in [0.3, 0.4) is 0 Å². The largest absolute Gasteiger partial charge is 0.382 e. The van der Waals surface area contributed by atoms with Gasteiger partial charge in [-0.25, -0.2) is 4.98 Å². The smallest absolute Gasteiger partial charge is 0.149 e. The SMILES string of the molecule is Cc1csc(-c2c(N)nsc2NCc2ccncc2C)n1. The van der Waals surface area contributed by atoms with E-state index in [0.717, 1.165) is 26.8 Å². The van der Waals surface area contributed by atoms with Gasteiger partial charge in [-0.15, -0.1) is 11.3 Å². The summed E-state index contributed by atoms with van der Waals surface area (Å²) in [6.07, 6.45) is 3.67. The first kappa shape index (κ1) is 14.0. The number of rotatable bonds is 4. The van der Waals surface area contributed by atoms with Crippen LogP contribution < -0.4 is 11.1 Å². The standard InChI is InChI=1S/C14H15N5S2/c1-8-5-16-4-3-10(8)6-17-13-11(12(15)19-21-13)14-18-9(2)7-20-14/h3-5,7,17H,6H2,1-2H3,(H2,15,19). The van der Waals surface area contributed by atoms with Crippen molar-refractivity contribution in [1.29, 1.82) is 0 Å². The summed E-state index contributed by atoms with van der Waals surface area (Å²) in [7, 11) is 0. The van der Waals surface area contributed by atoms with Crippen molar-refractivity contribution < 1.29 is 0 Å². The van der Waals surface area contributed by atoms with Crippen molar-refractivity contribution in [3.05, 3.63) is 40.7 Å². The van der Waals surface area contributed by atoms with Gasteiger partial charge in [0.05, 0.1) is 5.56 Å². The number of nitrogen functional groups attached to an aromatic ring is 1. The van der Waals surface area contributed by atoms with Gasteiger partial charge in [-0.05, 0) is 42.6 Å². The molecule has 3 heterocycles. The Morgan fingerprint density at radius 3 is 2.90 bits per heavy atom. The van der Waals surface area contributed by atoms with E-state index in [0.29, 0.717) is 12.4 Å². The minimum atomic E-state index is 0.531. The molecule has 0 spiro atoms. The summed E-state index contributed by atoms with van der Waals surface area (Å²) in [5, 5.41) is 7.30. The minimum Gasteiger partial charge on any atom is -0.382 e. The first-order valence-corrected chi connectivity index (χ1v) is 8.11. The second kappa shape index (κ2) is 5.79. The van der Waals surface area contributed by atoms with Gasteiger partial charge in [-0.2, -0.15) is 4.37 Å². The van der Waals surface area contributed by atoms with E-state index in [-0.39, 0.29) is 0 Å². The van der Waals surface area contributed by atoms with Crippen LogP contribution in [0.1, 0.15) is 16.8 Å². The molecule has 21 heavy (non-hydrogen) atoms. The molecule has 0 aliphatic carbocycles. The van der Waals surface area contributed by atoms with Gasteiger partial charge in [0.25, 0.3) is 0 Å². The molecule has 108 valence electrons. The van der Waals surface area contributed by atoms with Crippen LogP contribution in [-0.4, -0.2) is 14.3 Å². The van der Waals surface area contributed by atoms with Gasteiger partial charge in [0.1, 0.15) is 15.8 Å². The summed E-state index contributed by atoms with van der Waals surface area (Å²) in [5.74, 6) is 0.531. The Bertz CT molecular complexity index is 762. The predicted molar refractivity (Wildman–Crippen MR) is 88.7 cm³/mol. The van der Waals surface area contributed by atoms with E-state index in [9.17, 15) is 0 Å². The van der Waals surface area contributed by atoms with Gasteiger partial charge in [0.2, 0.25) is 0 Å². The van der Waals surface area contributed by atoms with Gasteiger partial charge < -0.3 is 11.1 Å². The van der Waals surface area contributed by atoms with Crippen molar-refractivity contribution >= 4 is 33.7 Å². The lowest BCUT2D eigenvalue weighted by atomic mass is 10.1. The Kier molecular flexibility index (Phi) is 3.85. The van der Waals surface area contributed by atoms with Gasteiger partial charge in [-0.1, -0.05) is 0 Å². The molecule has 0 aliphatic heterocycles. The van der Waals surface area contributed by atoms with E-state index in [1.165, 1.54) is 17.1 Å². The van der Waals surface area contributed by atoms with E-state index in [1.54, 1.807) is 17.5 Å². The van der Waals surface area contributed by atoms with Crippen LogP contribution in [0.15, 0.2) is 23.8 Å². The predicted octanol–water partition coefficient (Wildman–Crippen LogP) is 3.47. The molecule has 0 saturated heterocycles. The number of thiazole rings is 1. The molecule has 0 aliphatic rings. The van der Waals surface area contributed by atoms with Gasteiger partial charge in [-0.3, -0.25) is 4.98 Å². The Balaban J connectivity index is 1.85. The number of pyridine rings is 1. The first-order chi connectivity index (χ1) is 10.1. The average molecular weight is 317 g/mol. The third-order valence-electron chi connectivity index (χ3n) is 3.13. The van der Waals surface area contributed by atoms with E-state index < -0.39 is 0 Å². The molecule has 7 heteroatoms. The number of anilines is 2. The van der Waals surface area contributed by atoms with Crippen LogP contribution in [-0.2, 0) is 6.54 Å². The maximum absolute atomic E-state index is 6.00. The number of hydrogen-bond acceptors (Lipinski definition) is 7. The molecule has 0 atom stereocenters. The lowest BCUT2D eigenvalue weighted by molar-refractivity contribution is 1.10. The normalized spacial score (nSPS) is 10.8. The van der Waals surface area contributed by atoms with Crippen molar-refractivity contribution in [3.63, 3.8) is 0 Å². The maximum atomic E-state index is 6.00. The molecule has 0 unspecified atom stereocenters. The fourth-order valence-electron chi connectivity index (χ4n) is 1.97. The molecule has 3 aromatic rings. The fraction of sp³-hybridized carbons (Fsp3) is 0.214. The quantitative estimate of drug-likeness (QED) is 0.770. The second-order valence-electron chi connectivity index (χ2n) is 4.72. The van der Waals surface area contributed by atoms with Crippen molar-refractivity contribution in [3.8, 4) is 10.6 Å². The average Bonchev–Trinajstić information content (AvgIpc) is 3.04. The lowest BCUT2D eigenvalue weighted by Gasteiger charge is -2.07. The van der Waals surface area contributed by atoms with Crippen LogP contribution in [0, 0.1) is 13.8 Å². The zero-order valence-electron chi connectivity index (χ0n) is 11.8. The molecule has 3 N–H and O–H groups in total. The summed E-state index contributed by atoms with van der Waals surface area (Å²) in [5.41, 5.74) is 10.3. The highest BCUT2D eigenvalue weighted by Crippen LogP contribution is 2.38. The number of aromatic nitrogens is 3. The summed E-state index contributed by atoms with van der Waals surface area (Å²) in [6.45, 7) is 4.74. The third kappa shape index (κ3) is 2.88. The van der Waals surface area contributed by atoms with Crippen molar-refractivity contribution in [2.75, 3.05) is 11.1 Å². The van der Waals surface area contributed by atoms with Crippen molar-refractivity contribution in [2.24, 2.45) is 0 Å². The van der Waals surface area contributed by atoms with E-state index in [4.69, 9.17) is 5.73 Å². The lowest BCUT2D eigenvalue weighted by Crippen LogP contribution is -2.01.